The zero-order valence-corrected chi connectivity index (χ0v) is 22.0. The lowest BCUT2D eigenvalue weighted by molar-refractivity contribution is -0.688. The second-order valence-electron chi connectivity index (χ2n) is 10.3. The predicted molar refractivity (Wildman–Crippen MR) is 156 cm³/mol. The SMILES string of the molecule is Cn1cc(C2=C(c3cn(Cc4ccc(C[n+]5ccccc5)cc4)c4ccccc34)C(=O)NC2=O)c2ccccc21. The molecule has 0 atom stereocenters. The molecule has 3 aromatic heterocycles. The standard InChI is InChI=1S/C34H26N4O2/c1-36-21-27(25-9-3-5-11-29(25)36)31-32(34(40)35-33(31)39)28-22-38(30-12-6-4-10-26(28)30)20-24-15-13-23(14-16-24)19-37-17-7-2-8-18-37/h2-18,21-22H,19-20H2,1H3/p+1. The van der Waals surface area contributed by atoms with E-state index < -0.39 is 0 Å². The summed E-state index contributed by atoms with van der Waals surface area (Å²) in [5.41, 5.74) is 6.78. The lowest BCUT2D eigenvalue weighted by atomic mass is 9.95. The van der Waals surface area contributed by atoms with Gasteiger partial charge in [-0.2, -0.15) is 0 Å². The minimum absolute atomic E-state index is 0.361. The number of imide groups is 1. The monoisotopic (exact) mass is 523 g/mol. The number of aromatic nitrogens is 3. The number of fused-ring (bicyclic) bond motifs is 2. The third-order valence-electron chi connectivity index (χ3n) is 7.67. The van der Waals surface area contributed by atoms with Crippen molar-refractivity contribution in [3.05, 3.63) is 138 Å². The summed E-state index contributed by atoms with van der Waals surface area (Å²) in [5.74, 6) is -0.723. The number of hydrogen-bond donors (Lipinski definition) is 1. The van der Waals surface area contributed by atoms with E-state index >= 15 is 0 Å². The van der Waals surface area contributed by atoms with Crippen LogP contribution in [0.1, 0.15) is 22.3 Å². The van der Waals surface area contributed by atoms with Crippen LogP contribution in [-0.2, 0) is 29.7 Å². The third-order valence-corrected chi connectivity index (χ3v) is 7.67. The maximum Gasteiger partial charge on any atom is 0.259 e. The van der Waals surface area contributed by atoms with E-state index in [-0.39, 0.29) is 11.8 Å². The summed E-state index contributed by atoms with van der Waals surface area (Å²) in [4.78, 5) is 26.5. The van der Waals surface area contributed by atoms with Gasteiger partial charge in [0.2, 0.25) is 0 Å². The highest BCUT2D eigenvalue weighted by Gasteiger charge is 2.35. The predicted octanol–water partition coefficient (Wildman–Crippen LogP) is 5.08. The van der Waals surface area contributed by atoms with Gasteiger partial charge in [0.1, 0.15) is 0 Å². The van der Waals surface area contributed by atoms with E-state index in [1.807, 2.05) is 84.7 Å². The summed E-state index contributed by atoms with van der Waals surface area (Å²) >= 11 is 0. The molecule has 0 radical (unpaired) electrons. The maximum atomic E-state index is 13.3. The van der Waals surface area contributed by atoms with Crippen LogP contribution in [-0.4, -0.2) is 20.9 Å². The van der Waals surface area contributed by atoms with Crippen molar-refractivity contribution in [3.8, 4) is 0 Å². The molecule has 6 aromatic rings. The van der Waals surface area contributed by atoms with E-state index in [2.05, 4.69) is 57.2 Å². The van der Waals surface area contributed by atoms with Crippen molar-refractivity contribution in [3.63, 3.8) is 0 Å². The van der Waals surface area contributed by atoms with Gasteiger partial charge in [-0.05, 0) is 17.7 Å². The first-order valence-electron chi connectivity index (χ1n) is 13.3. The largest absolute Gasteiger partial charge is 0.350 e. The molecule has 0 spiro atoms. The van der Waals surface area contributed by atoms with Crippen LogP contribution in [0.15, 0.2) is 116 Å². The number of benzene rings is 3. The van der Waals surface area contributed by atoms with E-state index in [9.17, 15) is 9.59 Å². The van der Waals surface area contributed by atoms with Crippen molar-refractivity contribution < 1.29 is 14.2 Å². The average molecular weight is 524 g/mol. The van der Waals surface area contributed by atoms with Crippen LogP contribution in [0.4, 0.5) is 0 Å². The topological polar surface area (TPSA) is 59.9 Å². The van der Waals surface area contributed by atoms with Crippen molar-refractivity contribution >= 4 is 44.8 Å². The average Bonchev–Trinajstić information content (AvgIpc) is 3.60. The highest BCUT2D eigenvalue weighted by molar-refractivity contribution is 6.50. The number of carbonyl (C=O) groups excluding carboxylic acids is 2. The van der Waals surface area contributed by atoms with Crippen molar-refractivity contribution in [2.45, 2.75) is 13.1 Å². The van der Waals surface area contributed by atoms with Crippen molar-refractivity contribution in [1.82, 2.24) is 14.5 Å². The fourth-order valence-corrected chi connectivity index (χ4v) is 5.78. The lowest BCUT2D eigenvalue weighted by Crippen LogP contribution is -2.32. The number of pyridine rings is 1. The van der Waals surface area contributed by atoms with E-state index in [0.29, 0.717) is 17.7 Å². The van der Waals surface area contributed by atoms with Crippen LogP contribution in [0, 0.1) is 0 Å². The minimum atomic E-state index is -0.362. The first kappa shape index (κ1) is 23.9. The molecule has 2 amide bonds. The number of rotatable bonds is 6. The van der Waals surface area contributed by atoms with Crippen LogP contribution in [0.3, 0.4) is 0 Å². The Kier molecular flexibility index (Phi) is 5.67. The molecule has 0 unspecified atom stereocenters. The summed E-state index contributed by atoms with van der Waals surface area (Å²) in [6.45, 7) is 1.46. The highest BCUT2D eigenvalue weighted by atomic mass is 16.2. The second kappa shape index (κ2) is 9.50. The van der Waals surface area contributed by atoms with Crippen LogP contribution in [0.2, 0.25) is 0 Å². The van der Waals surface area contributed by atoms with Gasteiger partial charge in [0.05, 0.1) is 11.1 Å². The Balaban J connectivity index is 1.30. The second-order valence-corrected chi connectivity index (χ2v) is 10.3. The van der Waals surface area contributed by atoms with Gasteiger partial charge in [-0.1, -0.05) is 66.7 Å². The molecule has 0 saturated carbocycles. The number of nitrogens with one attached hydrogen (secondary N) is 1. The van der Waals surface area contributed by atoms with E-state index in [1.165, 1.54) is 5.56 Å². The highest BCUT2D eigenvalue weighted by Crippen LogP contribution is 2.38. The van der Waals surface area contributed by atoms with E-state index in [1.54, 1.807) is 0 Å². The summed E-state index contributed by atoms with van der Waals surface area (Å²) in [5, 5.41) is 4.45. The molecule has 0 bridgehead atoms. The molecule has 194 valence electrons. The van der Waals surface area contributed by atoms with Gasteiger partial charge in [0.25, 0.3) is 11.8 Å². The number of hydrogen-bond acceptors (Lipinski definition) is 2. The maximum absolute atomic E-state index is 13.3. The molecular weight excluding hydrogens is 496 g/mol. The molecule has 1 aliphatic rings. The van der Waals surface area contributed by atoms with Crippen LogP contribution in [0.5, 0.6) is 0 Å². The van der Waals surface area contributed by atoms with Crippen LogP contribution >= 0.6 is 0 Å². The van der Waals surface area contributed by atoms with Crippen LogP contribution < -0.4 is 9.88 Å². The molecule has 6 heteroatoms. The molecule has 3 aromatic carbocycles. The quantitative estimate of drug-likeness (QED) is 0.244. The van der Waals surface area contributed by atoms with Crippen LogP contribution in [0.25, 0.3) is 33.0 Å². The van der Waals surface area contributed by atoms with Crippen molar-refractivity contribution in [2.75, 3.05) is 0 Å². The normalized spacial score (nSPS) is 13.5. The van der Waals surface area contributed by atoms with Gasteiger partial charge >= 0.3 is 0 Å². The van der Waals surface area contributed by atoms with E-state index in [0.717, 1.165) is 45.0 Å². The van der Waals surface area contributed by atoms with E-state index in [4.69, 9.17) is 0 Å². The molecule has 1 N–H and O–H groups in total. The van der Waals surface area contributed by atoms with Gasteiger partial charge in [0, 0.05) is 76.6 Å². The summed E-state index contributed by atoms with van der Waals surface area (Å²) in [6.07, 6.45) is 8.07. The Hall–Kier alpha value is -5.23. The zero-order valence-electron chi connectivity index (χ0n) is 22.0. The molecule has 7 rings (SSSR count). The Morgan fingerprint density at radius 1 is 0.650 bits per heavy atom. The van der Waals surface area contributed by atoms with Gasteiger partial charge in [-0.15, -0.1) is 0 Å². The number of para-hydroxylation sites is 2. The molecule has 4 heterocycles. The van der Waals surface area contributed by atoms with Gasteiger partial charge < -0.3 is 9.13 Å². The van der Waals surface area contributed by atoms with Crippen molar-refractivity contribution in [2.24, 2.45) is 7.05 Å². The zero-order chi connectivity index (χ0) is 27.2. The molecule has 1 aliphatic heterocycles. The Morgan fingerprint density at radius 3 is 1.93 bits per heavy atom. The molecule has 0 fully saturated rings. The Labute approximate surface area is 231 Å². The molecule has 40 heavy (non-hydrogen) atoms. The third kappa shape index (κ3) is 4.01. The van der Waals surface area contributed by atoms with Gasteiger partial charge in [0.15, 0.2) is 18.9 Å². The molecule has 6 nitrogen and oxygen atoms in total. The smallest absolute Gasteiger partial charge is 0.259 e. The molecule has 0 saturated heterocycles. The lowest BCUT2D eigenvalue weighted by Gasteiger charge is -2.06. The molecular formula is C34H27N4O2+. The van der Waals surface area contributed by atoms with Gasteiger partial charge in [-0.25, -0.2) is 4.57 Å². The minimum Gasteiger partial charge on any atom is -0.350 e. The fourth-order valence-electron chi connectivity index (χ4n) is 5.78. The van der Waals surface area contributed by atoms with Crippen molar-refractivity contribution in [1.29, 1.82) is 0 Å². The summed E-state index contributed by atoms with van der Waals surface area (Å²) in [6, 6.07) is 30.7. The van der Waals surface area contributed by atoms with Gasteiger partial charge in [-0.3, -0.25) is 14.9 Å². The number of aryl methyl sites for hydroxylation is 1. The number of carbonyl (C=O) groups is 2. The first-order chi connectivity index (χ1) is 19.6. The fraction of sp³-hybridized carbons (Fsp3) is 0.0882. The summed E-state index contributed by atoms with van der Waals surface area (Å²) in [7, 11) is 1.95. The number of nitrogens with zero attached hydrogens (tertiary/aromatic N) is 3. The Bertz CT molecular complexity index is 1960. The molecule has 0 aliphatic carbocycles. The summed E-state index contributed by atoms with van der Waals surface area (Å²) < 4.78 is 6.31. The first-order valence-corrected chi connectivity index (χ1v) is 13.3. The number of amides is 2. The Morgan fingerprint density at radius 2 is 1.23 bits per heavy atom.